The molecular formula is C17H16FN3O4. The molecule has 0 aliphatic rings. The first kappa shape index (κ1) is 17.9. The molecule has 0 heterocycles. The van der Waals surface area contributed by atoms with Gasteiger partial charge in [-0.05, 0) is 36.8 Å². The second-order valence-corrected chi connectivity index (χ2v) is 5.18. The van der Waals surface area contributed by atoms with Crippen LogP contribution in [0.1, 0.15) is 21.5 Å². The summed E-state index contributed by atoms with van der Waals surface area (Å²) in [5, 5.41) is 25.0. The van der Waals surface area contributed by atoms with Crippen LogP contribution in [0.3, 0.4) is 0 Å². The minimum atomic E-state index is -0.600. The Labute approximate surface area is 142 Å². The molecule has 2 aromatic carbocycles. The highest BCUT2D eigenvalue weighted by Gasteiger charge is 2.09. The largest absolute Gasteiger partial charge is 0.508 e. The molecule has 0 spiro atoms. The zero-order valence-electron chi connectivity index (χ0n) is 13.3. The molecule has 2 aromatic rings. The number of carbonyl (C=O) groups excluding carboxylic acids is 2. The highest BCUT2D eigenvalue weighted by atomic mass is 19.1. The molecule has 0 aliphatic carbocycles. The van der Waals surface area contributed by atoms with E-state index >= 15 is 0 Å². The number of halogens is 1. The minimum Gasteiger partial charge on any atom is -0.508 e. The van der Waals surface area contributed by atoms with Crippen molar-refractivity contribution in [1.82, 2.24) is 10.7 Å². The van der Waals surface area contributed by atoms with Crippen molar-refractivity contribution < 1.29 is 24.2 Å². The van der Waals surface area contributed by atoms with Crippen LogP contribution >= 0.6 is 0 Å². The van der Waals surface area contributed by atoms with E-state index in [0.717, 1.165) is 12.1 Å². The van der Waals surface area contributed by atoms with Gasteiger partial charge in [-0.15, -0.1) is 0 Å². The Morgan fingerprint density at radius 2 is 2.00 bits per heavy atom. The molecular weight excluding hydrogens is 329 g/mol. The molecule has 0 aliphatic heterocycles. The topological polar surface area (TPSA) is 111 Å². The molecule has 0 bridgehead atoms. The summed E-state index contributed by atoms with van der Waals surface area (Å²) in [6.07, 6.45) is 1.22. The van der Waals surface area contributed by atoms with Gasteiger partial charge in [-0.3, -0.25) is 9.59 Å². The average Bonchev–Trinajstić information content (AvgIpc) is 2.55. The van der Waals surface area contributed by atoms with E-state index in [1.54, 1.807) is 6.92 Å². The second kappa shape index (κ2) is 7.91. The normalized spacial score (nSPS) is 10.6. The molecule has 0 unspecified atom stereocenters. The van der Waals surface area contributed by atoms with Crippen LogP contribution in [0.4, 0.5) is 4.39 Å². The van der Waals surface area contributed by atoms with Crippen molar-refractivity contribution in [2.75, 3.05) is 6.54 Å². The van der Waals surface area contributed by atoms with Crippen molar-refractivity contribution in [3.63, 3.8) is 0 Å². The Kier molecular flexibility index (Phi) is 5.67. The second-order valence-electron chi connectivity index (χ2n) is 5.18. The van der Waals surface area contributed by atoms with Crippen molar-refractivity contribution in [2.45, 2.75) is 6.92 Å². The fraction of sp³-hybridized carbons (Fsp3) is 0.118. The van der Waals surface area contributed by atoms with Crippen LogP contribution in [0.25, 0.3) is 0 Å². The smallest absolute Gasteiger partial charge is 0.259 e. The van der Waals surface area contributed by atoms with Gasteiger partial charge in [0, 0.05) is 17.2 Å². The molecule has 25 heavy (non-hydrogen) atoms. The summed E-state index contributed by atoms with van der Waals surface area (Å²) in [7, 11) is 0. The third-order valence-corrected chi connectivity index (χ3v) is 3.23. The number of aryl methyl sites for hydroxylation is 1. The molecule has 0 aromatic heterocycles. The number of carbonyl (C=O) groups is 2. The third kappa shape index (κ3) is 5.03. The number of nitrogens with zero attached hydrogens (tertiary/aromatic N) is 1. The number of hydrogen-bond donors (Lipinski definition) is 4. The molecule has 0 radical (unpaired) electrons. The number of aromatic hydroxyl groups is 2. The Morgan fingerprint density at radius 3 is 2.68 bits per heavy atom. The first-order valence-electron chi connectivity index (χ1n) is 7.25. The Morgan fingerprint density at radius 1 is 1.24 bits per heavy atom. The number of phenolic OH excluding ortho intramolecular Hbond substituents is 2. The van der Waals surface area contributed by atoms with Crippen molar-refractivity contribution in [1.29, 1.82) is 0 Å². The van der Waals surface area contributed by atoms with Gasteiger partial charge in [-0.2, -0.15) is 5.10 Å². The number of hydrazone groups is 1. The minimum absolute atomic E-state index is 0.0868. The number of amides is 2. The van der Waals surface area contributed by atoms with Gasteiger partial charge in [0.15, 0.2) is 0 Å². The molecule has 7 nitrogen and oxygen atoms in total. The molecule has 0 saturated carbocycles. The molecule has 8 heteroatoms. The van der Waals surface area contributed by atoms with Crippen molar-refractivity contribution in [2.24, 2.45) is 5.10 Å². The summed E-state index contributed by atoms with van der Waals surface area (Å²) < 4.78 is 13.0. The van der Waals surface area contributed by atoms with Crippen LogP contribution < -0.4 is 10.7 Å². The lowest BCUT2D eigenvalue weighted by atomic mass is 10.1. The lowest BCUT2D eigenvalue weighted by molar-refractivity contribution is -0.120. The van der Waals surface area contributed by atoms with E-state index in [4.69, 9.17) is 0 Å². The van der Waals surface area contributed by atoms with Gasteiger partial charge in [-0.1, -0.05) is 6.07 Å². The lowest BCUT2D eigenvalue weighted by Gasteiger charge is -2.05. The summed E-state index contributed by atoms with van der Waals surface area (Å²) in [6, 6.07) is 7.66. The van der Waals surface area contributed by atoms with Crippen LogP contribution in [-0.2, 0) is 4.79 Å². The summed E-state index contributed by atoms with van der Waals surface area (Å²) in [5.74, 6) is -2.01. The molecule has 0 atom stereocenters. The van der Waals surface area contributed by atoms with Gasteiger partial charge in [0.05, 0.1) is 12.8 Å². The highest BCUT2D eigenvalue weighted by Crippen LogP contribution is 2.24. The maximum Gasteiger partial charge on any atom is 0.259 e. The Bertz CT molecular complexity index is 813. The quantitative estimate of drug-likeness (QED) is 0.485. The standard InChI is InChI=1S/C17H16FN3O4/c1-10-5-13(22)7-15(23)14(10)8-20-21-16(24)9-19-17(25)11-3-2-4-12(18)6-11/h2-8,22-23H,9H2,1H3,(H,19,25)(H,21,24)/b20-8+. The summed E-state index contributed by atoms with van der Waals surface area (Å²) >= 11 is 0. The molecule has 0 saturated heterocycles. The molecule has 0 fully saturated rings. The third-order valence-electron chi connectivity index (χ3n) is 3.23. The van der Waals surface area contributed by atoms with Gasteiger partial charge >= 0.3 is 0 Å². The van der Waals surface area contributed by atoms with Gasteiger partial charge < -0.3 is 15.5 Å². The van der Waals surface area contributed by atoms with E-state index in [1.807, 2.05) is 0 Å². The van der Waals surface area contributed by atoms with Gasteiger partial charge in [0.1, 0.15) is 17.3 Å². The Balaban J connectivity index is 1.88. The van der Waals surface area contributed by atoms with Crippen molar-refractivity contribution in [3.8, 4) is 11.5 Å². The van der Waals surface area contributed by atoms with Crippen LogP contribution in [0.2, 0.25) is 0 Å². The fourth-order valence-corrected chi connectivity index (χ4v) is 2.03. The maximum atomic E-state index is 13.0. The van der Waals surface area contributed by atoms with E-state index in [1.165, 1.54) is 30.5 Å². The first-order chi connectivity index (χ1) is 11.9. The van der Waals surface area contributed by atoms with E-state index in [9.17, 15) is 24.2 Å². The van der Waals surface area contributed by atoms with E-state index in [2.05, 4.69) is 15.8 Å². The van der Waals surface area contributed by atoms with Gasteiger partial charge in [-0.25, -0.2) is 9.82 Å². The molecule has 2 amide bonds. The van der Waals surface area contributed by atoms with Crippen molar-refractivity contribution in [3.05, 3.63) is 58.9 Å². The zero-order valence-corrected chi connectivity index (χ0v) is 13.3. The summed E-state index contributed by atoms with van der Waals surface area (Å²) in [4.78, 5) is 23.4. The van der Waals surface area contributed by atoms with Gasteiger partial charge in [0.2, 0.25) is 0 Å². The SMILES string of the molecule is Cc1cc(O)cc(O)c1/C=N/NC(=O)CNC(=O)c1cccc(F)c1. The van der Waals surface area contributed by atoms with Crippen LogP contribution in [0.15, 0.2) is 41.5 Å². The molecule has 2 rings (SSSR count). The highest BCUT2D eigenvalue weighted by molar-refractivity contribution is 5.96. The molecule has 4 N–H and O–H groups in total. The lowest BCUT2D eigenvalue weighted by Crippen LogP contribution is -2.34. The first-order valence-corrected chi connectivity index (χ1v) is 7.25. The van der Waals surface area contributed by atoms with E-state index in [0.29, 0.717) is 11.1 Å². The predicted octanol–water partition coefficient (Wildman–Crippen LogP) is 1.43. The van der Waals surface area contributed by atoms with E-state index < -0.39 is 17.6 Å². The zero-order chi connectivity index (χ0) is 18.4. The number of phenols is 2. The predicted molar refractivity (Wildman–Crippen MR) is 89.0 cm³/mol. The fourth-order valence-electron chi connectivity index (χ4n) is 2.03. The number of nitrogens with one attached hydrogen (secondary N) is 2. The number of hydrogen-bond acceptors (Lipinski definition) is 5. The molecule has 130 valence electrons. The number of benzene rings is 2. The number of rotatable bonds is 5. The van der Waals surface area contributed by atoms with Crippen LogP contribution in [0.5, 0.6) is 11.5 Å². The van der Waals surface area contributed by atoms with Gasteiger partial charge in [0.25, 0.3) is 11.8 Å². The Hall–Kier alpha value is -3.42. The summed E-state index contributed by atoms with van der Waals surface area (Å²) in [6.45, 7) is 1.30. The average molecular weight is 345 g/mol. The maximum absolute atomic E-state index is 13.0. The van der Waals surface area contributed by atoms with Crippen LogP contribution in [-0.4, -0.2) is 34.8 Å². The van der Waals surface area contributed by atoms with Crippen molar-refractivity contribution >= 4 is 18.0 Å². The van der Waals surface area contributed by atoms with E-state index in [-0.39, 0.29) is 23.6 Å². The monoisotopic (exact) mass is 345 g/mol. The van der Waals surface area contributed by atoms with Crippen LogP contribution in [0, 0.1) is 12.7 Å². The summed E-state index contributed by atoms with van der Waals surface area (Å²) in [5.41, 5.74) is 3.18.